The third-order valence-corrected chi connectivity index (χ3v) is 2.90. The number of amides is 1. The lowest BCUT2D eigenvalue weighted by Gasteiger charge is -2.09. The van der Waals surface area contributed by atoms with Crippen LogP contribution < -0.4 is 10.1 Å². The van der Waals surface area contributed by atoms with E-state index in [2.05, 4.69) is 5.32 Å². The maximum atomic E-state index is 11.6. The molecule has 0 aliphatic heterocycles. The Morgan fingerprint density at radius 3 is 2.48 bits per heavy atom. The Kier molecular flexibility index (Phi) is 5.31. The van der Waals surface area contributed by atoms with E-state index in [1.165, 1.54) is 0 Å². The number of carboxylic acid groups (broad SMARTS) is 1. The van der Waals surface area contributed by atoms with Crippen LogP contribution in [0.2, 0.25) is 0 Å². The van der Waals surface area contributed by atoms with E-state index in [0.717, 1.165) is 0 Å². The minimum Gasteiger partial charge on any atom is -0.481 e. The van der Waals surface area contributed by atoms with Gasteiger partial charge in [0.1, 0.15) is 11.5 Å². The summed E-state index contributed by atoms with van der Waals surface area (Å²) in [6.45, 7) is 0. The van der Waals surface area contributed by atoms with Gasteiger partial charge in [-0.3, -0.25) is 9.59 Å². The molecule has 0 aromatic heterocycles. The number of carbonyl (C=O) groups is 2. The third-order valence-electron chi connectivity index (χ3n) is 2.90. The quantitative estimate of drug-likeness (QED) is 0.853. The minimum atomic E-state index is -1.02. The van der Waals surface area contributed by atoms with Gasteiger partial charge in [0.15, 0.2) is 0 Å². The number of carbonyl (C=O) groups excluding carboxylic acids is 1. The van der Waals surface area contributed by atoms with Crippen molar-refractivity contribution in [2.75, 3.05) is 5.32 Å². The van der Waals surface area contributed by atoms with Crippen molar-refractivity contribution in [3.63, 3.8) is 0 Å². The van der Waals surface area contributed by atoms with E-state index in [9.17, 15) is 9.59 Å². The van der Waals surface area contributed by atoms with Gasteiger partial charge in [0.25, 0.3) is 0 Å². The summed E-state index contributed by atoms with van der Waals surface area (Å²) in [6, 6.07) is 15.4. The van der Waals surface area contributed by atoms with Crippen LogP contribution in [0, 0.1) is 11.3 Å². The zero-order chi connectivity index (χ0) is 16.7. The summed E-state index contributed by atoms with van der Waals surface area (Å²) in [4.78, 5) is 22.1. The number of hydrogen-bond donors (Lipinski definition) is 2. The van der Waals surface area contributed by atoms with E-state index in [1.54, 1.807) is 48.5 Å². The maximum Gasteiger partial charge on any atom is 0.303 e. The molecule has 0 saturated carbocycles. The van der Waals surface area contributed by atoms with E-state index in [-0.39, 0.29) is 18.7 Å². The van der Waals surface area contributed by atoms with Crippen molar-refractivity contribution < 1.29 is 19.4 Å². The highest BCUT2D eigenvalue weighted by Crippen LogP contribution is 2.24. The molecule has 0 fully saturated rings. The second kappa shape index (κ2) is 7.61. The predicted molar refractivity (Wildman–Crippen MR) is 83.2 cm³/mol. The lowest BCUT2D eigenvalue weighted by atomic mass is 10.2. The van der Waals surface area contributed by atoms with E-state index in [4.69, 9.17) is 15.1 Å². The monoisotopic (exact) mass is 310 g/mol. The van der Waals surface area contributed by atoms with Crippen molar-refractivity contribution in [3.8, 4) is 17.6 Å². The van der Waals surface area contributed by atoms with Gasteiger partial charge in [0.05, 0.1) is 18.1 Å². The molecule has 0 heterocycles. The molecule has 2 rings (SSSR count). The first-order valence-electron chi connectivity index (χ1n) is 6.86. The number of aliphatic carboxylic acids is 1. The van der Waals surface area contributed by atoms with Crippen LogP contribution in [0.25, 0.3) is 0 Å². The molecule has 0 spiro atoms. The van der Waals surface area contributed by atoms with Crippen molar-refractivity contribution in [1.82, 2.24) is 0 Å². The van der Waals surface area contributed by atoms with E-state index in [0.29, 0.717) is 22.7 Å². The molecule has 23 heavy (non-hydrogen) atoms. The highest BCUT2D eigenvalue weighted by atomic mass is 16.5. The standard InChI is InChI=1S/C17H14N2O4/c18-11-12-4-6-14(7-5-12)23-15-3-1-2-13(10-15)19-16(20)8-9-17(21)22/h1-7,10H,8-9H2,(H,19,20)(H,21,22). The first-order chi connectivity index (χ1) is 11.1. The van der Waals surface area contributed by atoms with Crippen LogP contribution in [0.3, 0.4) is 0 Å². The molecule has 2 aromatic carbocycles. The summed E-state index contributed by atoms with van der Waals surface area (Å²) >= 11 is 0. The second-order valence-corrected chi connectivity index (χ2v) is 4.71. The van der Waals surface area contributed by atoms with Gasteiger partial charge in [-0.05, 0) is 36.4 Å². The Bertz CT molecular complexity index is 748. The van der Waals surface area contributed by atoms with Crippen molar-refractivity contribution in [2.45, 2.75) is 12.8 Å². The zero-order valence-corrected chi connectivity index (χ0v) is 12.2. The Hall–Kier alpha value is -3.33. The average molecular weight is 310 g/mol. The molecule has 0 radical (unpaired) electrons. The molecule has 116 valence electrons. The largest absolute Gasteiger partial charge is 0.481 e. The van der Waals surface area contributed by atoms with E-state index < -0.39 is 5.97 Å². The number of nitriles is 1. The highest BCUT2D eigenvalue weighted by Gasteiger charge is 2.06. The van der Waals surface area contributed by atoms with Crippen LogP contribution in [0.5, 0.6) is 11.5 Å². The number of nitrogens with zero attached hydrogens (tertiary/aromatic N) is 1. The number of ether oxygens (including phenoxy) is 1. The Labute approximate surface area is 132 Å². The number of hydrogen-bond acceptors (Lipinski definition) is 4. The van der Waals surface area contributed by atoms with Crippen molar-refractivity contribution in [3.05, 3.63) is 54.1 Å². The minimum absolute atomic E-state index is 0.0873. The maximum absolute atomic E-state index is 11.6. The van der Waals surface area contributed by atoms with E-state index in [1.807, 2.05) is 6.07 Å². The van der Waals surface area contributed by atoms with Crippen LogP contribution in [0.1, 0.15) is 18.4 Å². The number of benzene rings is 2. The van der Waals surface area contributed by atoms with Gasteiger partial charge in [-0.1, -0.05) is 6.07 Å². The van der Waals surface area contributed by atoms with Gasteiger partial charge >= 0.3 is 5.97 Å². The number of anilines is 1. The first-order valence-corrected chi connectivity index (χ1v) is 6.86. The SMILES string of the molecule is N#Cc1ccc(Oc2cccc(NC(=O)CCC(=O)O)c2)cc1. The molecular weight excluding hydrogens is 296 g/mol. The fourth-order valence-electron chi connectivity index (χ4n) is 1.81. The average Bonchev–Trinajstić information content (AvgIpc) is 2.54. The molecule has 0 saturated heterocycles. The summed E-state index contributed by atoms with van der Waals surface area (Å²) in [5.74, 6) is -0.301. The van der Waals surface area contributed by atoms with Gasteiger partial charge in [0, 0.05) is 18.2 Å². The van der Waals surface area contributed by atoms with Crippen LogP contribution in [0.15, 0.2) is 48.5 Å². The molecule has 6 heteroatoms. The van der Waals surface area contributed by atoms with Crippen molar-refractivity contribution in [1.29, 1.82) is 5.26 Å². The molecule has 6 nitrogen and oxygen atoms in total. The summed E-state index contributed by atoms with van der Waals surface area (Å²) < 4.78 is 5.64. The Morgan fingerprint density at radius 1 is 1.09 bits per heavy atom. The molecular formula is C17H14N2O4. The van der Waals surface area contributed by atoms with Gasteiger partial charge in [0.2, 0.25) is 5.91 Å². The Balaban J connectivity index is 2.00. The van der Waals surface area contributed by atoms with Crippen molar-refractivity contribution >= 4 is 17.6 Å². The number of carboxylic acids is 1. The van der Waals surface area contributed by atoms with Gasteiger partial charge in [-0.25, -0.2) is 0 Å². The third kappa shape index (κ3) is 5.17. The smallest absolute Gasteiger partial charge is 0.303 e. The lowest BCUT2D eigenvalue weighted by molar-refractivity contribution is -0.138. The van der Waals surface area contributed by atoms with Crippen LogP contribution in [-0.4, -0.2) is 17.0 Å². The molecule has 0 aliphatic rings. The molecule has 2 N–H and O–H groups in total. The molecule has 0 aliphatic carbocycles. The van der Waals surface area contributed by atoms with Crippen LogP contribution in [0.4, 0.5) is 5.69 Å². The van der Waals surface area contributed by atoms with Gasteiger partial charge in [-0.15, -0.1) is 0 Å². The number of rotatable bonds is 6. The van der Waals surface area contributed by atoms with E-state index >= 15 is 0 Å². The fraction of sp³-hybridized carbons (Fsp3) is 0.118. The summed E-state index contributed by atoms with van der Waals surface area (Å²) in [7, 11) is 0. The molecule has 0 bridgehead atoms. The summed E-state index contributed by atoms with van der Waals surface area (Å²) in [6.07, 6.45) is -0.302. The molecule has 1 amide bonds. The lowest BCUT2D eigenvalue weighted by Crippen LogP contribution is -2.13. The normalized spacial score (nSPS) is 9.70. The first kappa shape index (κ1) is 16.0. The molecule has 0 unspecified atom stereocenters. The predicted octanol–water partition coefficient (Wildman–Crippen LogP) is 3.15. The van der Waals surface area contributed by atoms with Crippen LogP contribution in [-0.2, 0) is 9.59 Å². The molecule has 2 aromatic rings. The van der Waals surface area contributed by atoms with Gasteiger partial charge < -0.3 is 15.2 Å². The molecule has 0 atom stereocenters. The van der Waals surface area contributed by atoms with Crippen LogP contribution >= 0.6 is 0 Å². The Morgan fingerprint density at radius 2 is 1.83 bits per heavy atom. The zero-order valence-electron chi connectivity index (χ0n) is 12.2. The second-order valence-electron chi connectivity index (χ2n) is 4.71. The number of nitrogens with one attached hydrogen (secondary N) is 1. The van der Waals surface area contributed by atoms with Gasteiger partial charge in [-0.2, -0.15) is 5.26 Å². The fourth-order valence-corrected chi connectivity index (χ4v) is 1.81. The topological polar surface area (TPSA) is 99.4 Å². The highest BCUT2D eigenvalue weighted by molar-refractivity contribution is 5.92. The summed E-state index contributed by atoms with van der Waals surface area (Å²) in [5.41, 5.74) is 1.06. The summed E-state index contributed by atoms with van der Waals surface area (Å²) in [5, 5.41) is 19.9. The van der Waals surface area contributed by atoms with Crippen molar-refractivity contribution in [2.24, 2.45) is 0 Å².